The number of sulfonamides is 1. The minimum Gasteiger partial charge on any atom is -0.457 e. The smallest absolute Gasteiger partial charge is 0.243 e. The highest BCUT2D eigenvalue weighted by Crippen LogP contribution is 2.28. The van der Waals surface area contributed by atoms with E-state index < -0.39 is 10.0 Å². The molecule has 6 rings (SSSR count). The van der Waals surface area contributed by atoms with Crippen molar-refractivity contribution in [2.75, 3.05) is 31.1 Å². The van der Waals surface area contributed by atoms with Gasteiger partial charge in [-0.3, -0.25) is 0 Å². The SMILES string of the molecule is Cc1ccc(Oc2ccc(Cc3nsc(N4CCN(S(=O)(=O)c5cccc(-c6csc(C)n6)c5)CC4)n3)cc2)cc1. The maximum Gasteiger partial charge on any atom is 0.243 e. The summed E-state index contributed by atoms with van der Waals surface area (Å²) in [6.45, 7) is 5.88. The first-order valence-electron chi connectivity index (χ1n) is 13.3. The van der Waals surface area contributed by atoms with Gasteiger partial charge in [0.15, 0.2) is 0 Å². The molecule has 0 N–H and O–H groups in total. The Balaban J connectivity index is 1.05. The van der Waals surface area contributed by atoms with Crippen LogP contribution >= 0.6 is 22.9 Å². The highest BCUT2D eigenvalue weighted by molar-refractivity contribution is 7.89. The van der Waals surface area contributed by atoms with Crippen LogP contribution in [0, 0.1) is 13.8 Å². The van der Waals surface area contributed by atoms with Crippen LogP contribution in [-0.4, -0.2) is 53.2 Å². The topological polar surface area (TPSA) is 88.5 Å². The van der Waals surface area contributed by atoms with Crippen molar-refractivity contribution in [1.82, 2.24) is 18.6 Å². The van der Waals surface area contributed by atoms with E-state index in [1.165, 1.54) is 17.1 Å². The predicted octanol–water partition coefficient (Wildman–Crippen LogP) is 6.17. The van der Waals surface area contributed by atoms with Crippen LogP contribution in [0.15, 0.2) is 83.1 Å². The second kappa shape index (κ2) is 11.7. The number of rotatable bonds is 8. The van der Waals surface area contributed by atoms with Gasteiger partial charge < -0.3 is 9.64 Å². The van der Waals surface area contributed by atoms with Gasteiger partial charge in [-0.25, -0.2) is 18.4 Å². The maximum absolute atomic E-state index is 13.4. The fraction of sp³-hybridized carbons (Fsp3) is 0.233. The molecule has 0 unspecified atom stereocenters. The summed E-state index contributed by atoms with van der Waals surface area (Å²) in [7, 11) is -3.61. The molecule has 0 bridgehead atoms. The molecule has 5 aromatic rings. The number of aryl methyl sites for hydroxylation is 2. The quantitative estimate of drug-likeness (QED) is 0.210. The van der Waals surface area contributed by atoms with Crippen molar-refractivity contribution in [3.8, 4) is 22.8 Å². The first-order valence-corrected chi connectivity index (χ1v) is 16.4. The number of aromatic nitrogens is 3. The third-order valence-electron chi connectivity index (χ3n) is 6.90. The minimum absolute atomic E-state index is 0.294. The molecule has 1 aliphatic heterocycles. The number of anilines is 1. The Morgan fingerprint density at radius 1 is 0.878 bits per heavy atom. The molecular formula is C30H29N5O3S3. The van der Waals surface area contributed by atoms with E-state index in [9.17, 15) is 8.42 Å². The summed E-state index contributed by atoms with van der Waals surface area (Å²) in [6.07, 6.45) is 0.616. The molecule has 2 aromatic heterocycles. The molecule has 1 saturated heterocycles. The van der Waals surface area contributed by atoms with Crippen molar-refractivity contribution >= 4 is 38.0 Å². The fourth-order valence-electron chi connectivity index (χ4n) is 4.63. The molecule has 11 heteroatoms. The molecule has 41 heavy (non-hydrogen) atoms. The normalized spacial score (nSPS) is 14.3. The van der Waals surface area contributed by atoms with Crippen molar-refractivity contribution in [3.05, 3.63) is 100 Å². The van der Waals surface area contributed by atoms with Gasteiger partial charge in [0.2, 0.25) is 15.2 Å². The zero-order valence-corrected chi connectivity index (χ0v) is 25.2. The largest absolute Gasteiger partial charge is 0.457 e. The molecule has 3 aromatic carbocycles. The third kappa shape index (κ3) is 6.33. The van der Waals surface area contributed by atoms with Crippen LogP contribution in [0.4, 0.5) is 5.13 Å². The second-order valence-corrected chi connectivity index (χ2v) is 13.6. The lowest BCUT2D eigenvalue weighted by atomic mass is 10.1. The average molecular weight is 604 g/mol. The molecule has 210 valence electrons. The van der Waals surface area contributed by atoms with E-state index in [0.29, 0.717) is 37.5 Å². The monoisotopic (exact) mass is 603 g/mol. The van der Waals surface area contributed by atoms with E-state index in [-0.39, 0.29) is 0 Å². The summed E-state index contributed by atoms with van der Waals surface area (Å²) < 4.78 is 38.9. The molecule has 1 fully saturated rings. The summed E-state index contributed by atoms with van der Waals surface area (Å²) in [5, 5.41) is 3.72. The highest BCUT2D eigenvalue weighted by atomic mass is 32.2. The maximum atomic E-state index is 13.4. The van der Waals surface area contributed by atoms with Crippen LogP contribution in [0.2, 0.25) is 0 Å². The number of hydrogen-bond donors (Lipinski definition) is 0. The molecular weight excluding hydrogens is 575 g/mol. The lowest BCUT2D eigenvalue weighted by Crippen LogP contribution is -2.48. The average Bonchev–Trinajstić information content (AvgIpc) is 3.65. The molecule has 3 heterocycles. The summed E-state index contributed by atoms with van der Waals surface area (Å²) in [4.78, 5) is 11.6. The first kappa shape index (κ1) is 27.5. The van der Waals surface area contributed by atoms with Crippen molar-refractivity contribution in [3.63, 3.8) is 0 Å². The van der Waals surface area contributed by atoms with Crippen molar-refractivity contribution in [2.24, 2.45) is 0 Å². The van der Waals surface area contributed by atoms with Crippen LogP contribution in [0.3, 0.4) is 0 Å². The van der Waals surface area contributed by atoms with E-state index in [1.54, 1.807) is 33.8 Å². The van der Waals surface area contributed by atoms with Gasteiger partial charge in [-0.1, -0.05) is 42.0 Å². The lowest BCUT2D eigenvalue weighted by Gasteiger charge is -2.33. The molecule has 0 atom stereocenters. The van der Waals surface area contributed by atoms with E-state index in [0.717, 1.165) is 44.3 Å². The van der Waals surface area contributed by atoms with Crippen LogP contribution in [-0.2, 0) is 16.4 Å². The molecule has 0 aliphatic carbocycles. The molecule has 0 saturated carbocycles. The molecule has 1 aliphatic rings. The number of hydrogen-bond acceptors (Lipinski definition) is 9. The van der Waals surface area contributed by atoms with Crippen LogP contribution in [0.5, 0.6) is 11.5 Å². The van der Waals surface area contributed by atoms with Crippen LogP contribution in [0.25, 0.3) is 11.3 Å². The molecule has 8 nitrogen and oxygen atoms in total. The van der Waals surface area contributed by atoms with Crippen molar-refractivity contribution < 1.29 is 13.2 Å². The highest BCUT2D eigenvalue weighted by Gasteiger charge is 2.30. The van der Waals surface area contributed by atoms with E-state index in [1.807, 2.05) is 73.8 Å². The predicted molar refractivity (Wildman–Crippen MR) is 164 cm³/mol. The van der Waals surface area contributed by atoms with E-state index in [2.05, 4.69) is 14.3 Å². The molecule has 0 spiro atoms. The third-order valence-corrected chi connectivity index (χ3v) is 10.4. The van der Waals surface area contributed by atoms with Gasteiger partial charge in [-0.05, 0) is 55.8 Å². The lowest BCUT2D eigenvalue weighted by molar-refractivity contribution is 0.384. The summed E-state index contributed by atoms with van der Waals surface area (Å²) in [5.74, 6) is 2.34. The number of piperazine rings is 1. The van der Waals surface area contributed by atoms with Gasteiger partial charge in [0, 0.05) is 55.1 Å². The van der Waals surface area contributed by atoms with Crippen LogP contribution < -0.4 is 9.64 Å². The van der Waals surface area contributed by atoms with E-state index >= 15 is 0 Å². The van der Waals surface area contributed by atoms with Crippen LogP contribution in [0.1, 0.15) is 22.0 Å². The zero-order valence-electron chi connectivity index (χ0n) is 22.7. The Kier molecular flexibility index (Phi) is 7.85. The minimum atomic E-state index is -3.61. The Morgan fingerprint density at radius 3 is 2.27 bits per heavy atom. The van der Waals surface area contributed by atoms with Crippen molar-refractivity contribution in [1.29, 1.82) is 0 Å². The van der Waals surface area contributed by atoms with Gasteiger partial charge in [-0.15, -0.1) is 11.3 Å². The van der Waals surface area contributed by atoms with Gasteiger partial charge in [-0.2, -0.15) is 8.68 Å². The number of benzene rings is 3. The molecule has 0 amide bonds. The second-order valence-electron chi connectivity index (χ2n) is 9.90. The summed E-state index contributed by atoms with van der Waals surface area (Å²) >= 11 is 2.90. The molecule has 0 radical (unpaired) electrons. The standard InChI is InChI=1S/C30H29N5O3S3/c1-21-6-10-25(11-7-21)38-26-12-8-23(9-13-26)18-29-32-30(40-33-29)34-14-16-35(17-15-34)41(36,37)27-5-3-4-24(19-27)28-20-39-22(2)31-28/h3-13,19-20H,14-18H2,1-2H3. The Morgan fingerprint density at radius 2 is 1.59 bits per heavy atom. The summed E-state index contributed by atoms with van der Waals surface area (Å²) in [5.41, 5.74) is 3.90. The van der Waals surface area contributed by atoms with Crippen molar-refractivity contribution in [2.45, 2.75) is 25.2 Å². The number of thiazole rings is 1. The first-order chi connectivity index (χ1) is 19.8. The Labute approximate surface area is 248 Å². The van der Waals surface area contributed by atoms with E-state index in [4.69, 9.17) is 9.72 Å². The summed E-state index contributed by atoms with van der Waals surface area (Å²) in [6, 6.07) is 23.0. The Bertz CT molecular complexity index is 1740. The number of nitrogens with zero attached hydrogens (tertiary/aromatic N) is 5. The Hall–Kier alpha value is -3.64. The number of ether oxygens (including phenoxy) is 1. The van der Waals surface area contributed by atoms with Gasteiger partial charge in [0.25, 0.3) is 0 Å². The van der Waals surface area contributed by atoms with Gasteiger partial charge in [0.05, 0.1) is 15.6 Å². The zero-order chi connectivity index (χ0) is 28.4. The van der Waals surface area contributed by atoms with Gasteiger partial charge >= 0.3 is 0 Å². The van der Waals surface area contributed by atoms with Gasteiger partial charge in [0.1, 0.15) is 17.3 Å². The fourth-order valence-corrected chi connectivity index (χ4v) is 7.45.